The Kier molecular flexibility index (Phi) is 5.54. The van der Waals surface area contributed by atoms with Crippen LogP contribution >= 0.6 is 22.7 Å². The van der Waals surface area contributed by atoms with Gasteiger partial charge in [-0.25, -0.2) is 4.98 Å². The second-order valence-electron chi connectivity index (χ2n) is 6.87. The lowest BCUT2D eigenvalue weighted by atomic mass is 10.1. The lowest BCUT2D eigenvalue weighted by molar-refractivity contribution is 0.0939. The minimum atomic E-state index is -0.237. The molecule has 0 unspecified atom stereocenters. The summed E-state index contributed by atoms with van der Waals surface area (Å²) in [6.45, 7) is 1.83. The third-order valence-corrected chi connectivity index (χ3v) is 7.04. The van der Waals surface area contributed by atoms with E-state index >= 15 is 0 Å². The van der Waals surface area contributed by atoms with Crippen molar-refractivity contribution >= 4 is 40.2 Å². The molecule has 0 bridgehead atoms. The van der Waals surface area contributed by atoms with E-state index < -0.39 is 0 Å². The molecule has 7 heteroatoms. The number of amides is 2. The molecule has 2 aromatic heterocycles. The summed E-state index contributed by atoms with van der Waals surface area (Å²) in [5, 5.41) is 8.82. The molecule has 0 saturated heterocycles. The minimum Gasteiger partial charge on any atom is -0.349 e. The van der Waals surface area contributed by atoms with E-state index in [1.165, 1.54) is 11.3 Å². The number of nitrogens with one attached hydrogen (secondary N) is 2. The second kappa shape index (κ2) is 8.24. The fourth-order valence-electron chi connectivity index (χ4n) is 3.42. The molecule has 0 spiro atoms. The lowest BCUT2D eigenvalue weighted by Gasteiger charge is -2.14. The number of hydrogen-bond acceptors (Lipinski definition) is 5. The molecule has 1 aliphatic carbocycles. The highest BCUT2D eigenvalue weighted by Gasteiger charge is 2.22. The van der Waals surface area contributed by atoms with Crippen molar-refractivity contribution < 1.29 is 9.59 Å². The molecule has 2 N–H and O–H groups in total. The largest absolute Gasteiger partial charge is 0.349 e. The maximum Gasteiger partial charge on any atom is 0.267 e. The Morgan fingerprint density at radius 3 is 2.61 bits per heavy atom. The van der Waals surface area contributed by atoms with E-state index in [0.29, 0.717) is 21.8 Å². The van der Waals surface area contributed by atoms with Gasteiger partial charge in [-0.1, -0.05) is 31.0 Å². The molecule has 1 aliphatic rings. The number of thiophene rings is 1. The second-order valence-corrected chi connectivity index (χ2v) is 8.81. The van der Waals surface area contributed by atoms with Crippen molar-refractivity contribution in [3.05, 3.63) is 57.9 Å². The molecule has 0 aliphatic heterocycles. The highest BCUT2D eigenvalue weighted by atomic mass is 32.1. The monoisotopic (exact) mass is 411 g/mol. The number of hydrogen-bond donors (Lipinski definition) is 2. The Balaban J connectivity index is 1.53. The van der Waals surface area contributed by atoms with Gasteiger partial charge in [-0.3, -0.25) is 9.59 Å². The third-order valence-electron chi connectivity index (χ3n) is 4.85. The van der Waals surface area contributed by atoms with Gasteiger partial charge in [-0.2, -0.15) is 0 Å². The summed E-state index contributed by atoms with van der Waals surface area (Å²) in [6.07, 6.45) is 4.35. The Morgan fingerprint density at radius 2 is 1.86 bits per heavy atom. The van der Waals surface area contributed by atoms with Crippen LogP contribution in [0.4, 0.5) is 5.69 Å². The van der Waals surface area contributed by atoms with E-state index in [0.717, 1.165) is 35.6 Å². The molecular formula is C21H21N3O2S2. The molecule has 2 heterocycles. The molecule has 144 valence electrons. The van der Waals surface area contributed by atoms with Crippen LogP contribution in [0.1, 0.15) is 51.4 Å². The average Bonchev–Trinajstić information content (AvgIpc) is 3.43. The van der Waals surface area contributed by atoms with E-state index in [-0.39, 0.29) is 17.9 Å². The number of benzene rings is 1. The molecule has 3 aromatic rings. The van der Waals surface area contributed by atoms with Crippen molar-refractivity contribution in [3.63, 3.8) is 0 Å². The van der Waals surface area contributed by atoms with Gasteiger partial charge in [-0.15, -0.1) is 22.7 Å². The summed E-state index contributed by atoms with van der Waals surface area (Å²) >= 11 is 2.97. The topological polar surface area (TPSA) is 71.1 Å². The highest BCUT2D eigenvalue weighted by Crippen LogP contribution is 2.31. The summed E-state index contributed by atoms with van der Waals surface area (Å²) in [5.41, 5.74) is 1.70. The van der Waals surface area contributed by atoms with Gasteiger partial charge in [0.25, 0.3) is 11.8 Å². The van der Waals surface area contributed by atoms with E-state index in [2.05, 4.69) is 15.6 Å². The van der Waals surface area contributed by atoms with Gasteiger partial charge in [0, 0.05) is 6.04 Å². The number of thiazole rings is 1. The van der Waals surface area contributed by atoms with Crippen LogP contribution in [0, 0.1) is 6.92 Å². The Labute approximate surface area is 171 Å². The molecule has 0 atom stereocenters. The number of anilines is 1. The number of aromatic nitrogens is 1. The average molecular weight is 412 g/mol. The number of carbonyl (C=O) groups is 2. The molecule has 2 amide bonds. The Bertz CT molecular complexity index is 989. The van der Waals surface area contributed by atoms with E-state index in [1.54, 1.807) is 23.5 Å². The summed E-state index contributed by atoms with van der Waals surface area (Å²) < 4.78 is 0. The van der Waals surface area contributed by atoms with Crippen molar-refractivity contribution in [1.82, 2.24) is 10.3 Å². The zero-order valence-electron chi connectivity index (χ0n) is 15.5. The summed E-state index contributed by atoms with van der Waals surface area (Å²) in [6, 6.07) is 11.3. The van der Waals surface area contributed by atoms with Crippen LogP contribution in [0.3, 0.4) is 0 Å². The normalized spacial score (nSPS) is 14.2. The van der Waals surface area contributed by atoms with Crippen molar-refractivity contribution in [2.75, 3.05) is 5.32 Å². The van der Waals surface area contributed by atoms with Crippen molar-refractivity contribution in [3.8, 4) is 9.88 Å². The summed E-state index contributed by atoms with van der Waals surface area (Å²) in [4.78, 5) is 31.7. The zero-order chi connectivity index (χ0) is 19.5. The molecule has 1 aromatic carbocycles. The molecule has 0 radical (unpaired) electrons. The van der Waals surface area contributed by atoms with E-state index in [9.17, 15) is 9.59 Å². The maximum atomic E-state index is 12.9. The number of carbonyl (C=O) groups excluding carboxylic acids is 2. The molecule has 5 nitrogen and oxygen atoms in total. The first-order valence-corrected chi connectivity index (χ1v) is 11.0. The first-order valence-electron chi connectivity index (χ1n) is 9.34. The highest BCUT2D eigenvalue weighted by molar-refractivity contribution is 7.22. The van der Waals surface area contributed by atoms with Crippen molar-refractivity contribution in [2.24, 2.45) is 0 Å². The lowest BCUT2D eigenvalue weighted by Crippen LogP contribution is -2.33. The Hall–Kier alpha value is -2.51. The predicted molar refractivity (Wildman–Crippen MR) is 114 cm³/mol. The van der Waals surface area contributed by atoms with Gasteiger partial charge in [0.15, 0.2) is 0 Å². The van der Waals surface area contributed by atoms with Crippen LogP contribution in [0.15, 0.2) is 41.8 Å². The standard InChI is InChI=1S/C21H21N3O2S2/c1-13-18(28-21(22-13)17-11-6-12-27-17)20(26)24-16-10-5-4-9-15(16)19(25)23-14-7-2-3-8-14/h4-6,9-12,14H,2-3,7-8H2,1H3,(H,23,25)(H,24,26). The number of para-hydroxylation sites is 1. The van der Waals surface area contributed by atoms with Crippen LogP contribution in [0.2, 0.25) is 0 Å². The first-order chi connectivity index (χ1) is 13.6. The minimum absolute atomic E-state index is 0.136. The fraction of sp³-hybridized carbons (Fsp3) is 0.286. The van der Waals surface area contributed by atoms with Crippen molar-refractivity contribution in [1.29, 1.82) is 0 Å². The number of rotatable bonds is 5. The number of nitrogens with zero attached hydrogens (tertiary/aromatic N) is 1. The SMILES string of the molecule is Cc1nc(-c2cccs2)sc1C(=O)Nc1ccccc1C(=O)NC1CCCC1. The van der Waals surface area contributed by atoms with Gasteiger partial charge >= 0.3 is 0 Å². The van der Waals surface area contributed by atoms with Crippen LogP contribution in [0.5, 0.6) is 0 Å². The van der Waals surface area contributed by atoms with Gasteiger partial charge in [-0.05, 0) is 43.3 Å². The maximum absolute atomic E-state index is 12.9. The summed E-state index contributed by atoms with van der Waals surface area (Å²) in [7, 11) is 0. The van der Waals surface area contributed by atoms with Gasteiger partial charge in [0.05, 0.1) is 21.8 Å². The van der Waals surface area contributed by atoms with Gasteiger partial charge in [0.1, 0.15) is 9.88 Å². The molecule has 1 fully saturated rings. The van der Waals surface area contributed by atoms with Crippen LogP contribution in [0.25, 0.3) is 9.88 Å². The zero-order valence-corrected chi connectivity index (χ0v) is 17.2. The first kappa shape index (κ1) is 18.8. The third kappa shape index (κ3) is 4.00. The quantitative estimate of drug-likeness (QED) is 0.613. The summed E-state index contributed by atoms with van der Waals surface area (Å²) in [5.74, 6) is -0.373. The molecule has 1 saturated carbocycles. The van der Waals surface area contributed by atoms with Crippen LogP contribution in [-0.4, -0.2) is 22.8 Å². The van der Waals surface area contributed by atoms with Gasteiger partial charge in [0.2, 0.25) is 0 Å². The van der Waals surface area contributed by atoms with Gasteiger partial charge < -0.3 is 10.6 Å². The Morgan fingerprint density at radius 1 is 1.07 bits per heavy atom. The predicted octanol–water partition coefficient (Wildman–Crippen LogP) is 5.10. The molecule has 4 rings (SSSR count). The smallest absolute Gasteiger partial charge is 0.267 e. The van der Waals surface area contributed by atoms with E-state index in [4.69, 9.17) is 0 Å². The van der Waals surface area contributed by atoms with Crippen LogP contribution < -0.4 is 10.6 Å². The number of aryl methyl sites for hydroxylation is 1. The molecular weight excluding hydrogens is 390 g/mol. The fourth-order valence-corrected chi connectivity index (χ4v) is 5.17. The molecule has 28 heavy (non-hydrogen) atoms. The van der Waals surface area contributed by atoms with E-state index in [1.807, 2.05) is 36.6 Å². The van der Waals surface area contributed by atoms with Crippen LogP contribution in [-0.2, 0) is 0 Å². The van der Waals surface area contributed by atoms with Crippen molar-refractivity contribution in [2.45, 2.75) is 38.6 Å².